The average molecular weight is 271 g/mol. The number of H-pyrrole nitrogens is 2. The maximum atomic E-state index is 11.9. The van der Waals surface area contributed by atoms with E-state index in [0.29, 0.717) is 18.2 Å². The lowest BCUT2D eigenvalue weighted by atomic mass is 10.1. The van der Waals surface area contributed by atoms with Crippen LogP contribution in [0.4, 0.5) is 0 Å². The maximum Gasteiger partial charge on any atom is 0.281 e. The van der Waals surface area contributed by atoms with E-state index in [2.05, 4.69) is 25.4 Å². The van der Waals surface area contributed by atoms with Gasteiger partial charge < -0.3 is 9.72 Å². The molecule has 0 aliphatic rings. The van der Waals surface area contributed by atoms with Crippen LogP contribution >= 0.6 is 0 Å². The summed E-state index contributed by atoms with van der Waals surface area (Å²) in [4.78, 5) is 18.9. The lowest BCUT2D eigenvalue weighted by Gasteiger charge is -2.10. The van der Waals surface area contributed by atoms with Crippen LogP contribution in [0, 0.1) is 6.92 Å². The number of nitrogens with zero attached hydrogens (tertiary/aromatic N) is 3. The third-order valence-electron chi connectivity index (χ3n) is 2.89. The molecule has 0 saturated carbocycles. The molecule has 0 radical (unpaired) electrons. The molecule has 0 atom stereocenters. The zero-order valence-corrected chi connectivity index (χ0v) is 11.1. The van der Waals surface area contributed by atoms with E-state index in [4.69, 9.17) is 4.74 Å². The molecule has 102 valence electrons. The van der Waals surface area contributed by atoms with Gasteiger partial charge >= 0.3 is 0 Å². The first kappa shape index (κ1) is 12.3. The molecule has 0 amide bonds. The Morgan fingerprint density at radius 3 is 2.95 bits per heavy atom. The fraction of sp³-hybridized carbons (Fsp3) is 0.231. The van der Waals surface area contributed by atoms with Crippen molar-refractivity contribution in [2.24, 2.45) is 0 Å². The van der Waals surface area contributed by atoms with E-state index in [0.717, 1.165) is 11.1 Å². The lowest BCUT2D eigenvalue weighted by molar-refractivity contribution is 0.341. The van der Waals surface area contributed by atoms with Crippen LogP contribution in [-0.4, -0.2) is 32.0 Å². The minimum atomic E-state index is -0.332. The molecule has 0 spiro atoms. The van der Waals surface area contributed by atoms with Crippen LogP contribution in [-0.2, 0) is 0 Å². The molecule has 0 unspecified atom stereocenters. The Hall–Kier alpha value is -2.70. The number of rotatable bonds is 3. The second-order valence-corrected chi connectivity index (χ2v) is 4.34. The zero-order chi connectivity index (χ0) is 14.1. The SMILES string of the molecule is CCOc1cc(C)ccc1-c1nc2n[nH]nc2c(=O)[nH]1. The van der Waals surface area contributed by atoms with Gasteiger partial charge in [-0.05, 0) is 31.5 Å². The first-order chi connectivity index (χ1) is 9.69. The van der Waals surface area contributed by atoms with Crippen molar-refractivity contribution in [1.82, 2.24) is 25.4 Å². The van der Waals surface area contributed by atoms with Crippen LogP contribution in [0.2, 0.25) is 0 Å². The molecule has 1 aromatic carbocycles. The van der Waals surface area contributed by atoms with Crippen LogP contribution in [0.15, 0.2) is 23.0 Å². The molecule has 3 rings (SSSR count). The van der Waals surface area contributed by atoms with Gasteiger partial charge in [-0.3, -0.25) is 4.79 Å². The van der Waals surface area contributed by atoms with E-state index in [9.17, 15) is 4.79 Å². The summed E-state index contributed by atoms with van der Waals surface area (Å²) in [5.41, 5.74) is 1.94. The average Bonchev–Trinajstić information content (AvgIpc) is 2.88. The molecule has 0 aliphatic heterocycles. The zero-order valence-electron chi connectivity index (χ0n) is 11.1. The highest BCUT2D eigenvalue weighted by Crippen LogP contribution is 2.28. The van der Waals surface area contributed by atoms with Gasteiger partial charge in [0.15, 0.2) is 5.52 Å². The van der Waals surface area contributed by atoms with E-state index in [-0.39, 0.29) is 16.7 Å². The highest BCUT2D eigenvalue weighted by Gasteiger charge is 2.13. The van der Waals surface area contributed by atoms with Crippen LogP contribution < -0.4 is 10.3 Å². The smallest absolute Gasteiger partial charge is 0.281 e. The van der Waals surface area contributed by atoms with Gasteiger partial charge in [0.1, 0.15) is 11.6 Å². The number of fused-ring (bicyclic) bond motifs is 1. The molecule has 0 bridgehead atoms. The maximum absolute atomic E-state index is 11.9. The number of aromatic amines is 2. The summed E-state index contributed by atoms with van der Waals surface area (Å²) in [7, 11) is 0. The molecule has 3 aromatic rings. The largest absolute Gasteiger partial charge is 0.493 e. The summed E-state index contributed by atoms with van der Waals surface area (Å²) >= 11 is 0. The molecule has 0 fully saturated rings. The fourth-order valence-corrected chi connectivity index (χ4v) is 1.98. The predicted molar refractivity (Wildman–Crippen MR) is 73.6 cm³/mol. The summed E-state index contributed by atoms with van der Waals surface area (Å²) in [6.07, 6.45) is 0. The van der Waals surface area contributed by atoms with Gasteiger partial charge in [0.05, 0.1) is 12.2 Å². The van der Waals surface area contributed by atoms with Crippen molar-refractivity contribution < 1.29 is 4.74 Å². The molecule has 0 saturated heterocycles. The predicted octanol–water partition coefficient (Wildman–Crippen LogP) is 1.42. The van der Waals surface area contributed by atoms with E-state index in [1.54, 1.807) is 0 Å². The number of ether oxygens (including phenoxy) is 1. The molecule has 2 heterocycles. The van der Waals surface area contributed by atoms with Crippen molar-refractivity contribution in [3.8, 4) is 17.1 Å². The topological polar surface area (TPSA) is 96.6 Å². The molecule has 20 heavy (non-hydrogen) atoms. The Morgan fingerprint density at radius 1 is 1.30 bits per heavy atom. The van der Waals surface area contributed by atoms with Gasteiger partial charge in [-0.25, -0.2) is 4.98 Å². The first-order valence-electron chi connectivity index (χ1n) is 6.23. The van der Waals surface area contributed by atoms with E-state index in [1.807, 2.05) is 32.0 Å². The summed E-state index contributed by atoms with van der Waals surface area (Å²) in [5, 5.41) is 10.00. The molecule has 7 nitrogen and oxygen atoms in total. The van der Waals surface area contributed by atoms with Gasteiger partial charge in [0.2, 0.25) is 5.65 Å². The quantitative estimate of drug-likeness (QED) is 0.750. The molecular weight excluding hydrogens is 258 g/mol. The standard InChI is InChI=1S/C13H13N5O2/c1-3-20-9-6-7(2)4-5-8(9)11-14-12-10(13(19)15-11)16-18-17-12/h4-6H,3H2,1-2H3,(H2,14,15,16,17,18,19). The van der Waals surface area contributed by atoms with Gasteiger partial charge in [-0.15, -0.1) is 10.2 Å². The molecular formula is C13H13N5O2. The minimum Gasteiger partial charge on any atom is -0.493 e. The second kappa shape index (κ2) is 4.76. The van der Waals surface area contributed by atoms with E-state index < -0.39 is 0 Å². The third-order valence-corrected chi connectivity index (χ3v) is 2.89. The number of hydrogen-bond donors (Lipinski definition) is 2. The fourth-order valence-electron chi connectivity index (χ4n) is 1.98. The number of nitrogens with one attached hydrogen (secondary N) is 2. The van der Waals surface area contributed by atoms with E-state index >= 15 is 0 Å². The Morgan fingerprint density at radius 2 is 2.15 bits per heavy atom. The van der Waals surface area contributed by atoms with Crippen molar-refractivity contribution in [2.45, 2.75) is 13.8 Å². The number of hydrogen-bond acceptors (Lipinski definition) is 5. The Balaban J connectivity index is 2.22. The molecule has 7 heteroatoms. The first-order valence-corrected chi connectivity index (χ1v) is 6.23. The van der Waals surface area contributed by atoms with Crippen molar-refractivity contribution in [3.63, 3.8) is 0 Å². The minimum absolute atomic E-state index is 0.193. The van der Waals surface area contributed by atoms with Crippen LogP contribution in [0.5, 0.6) is 5.75 Å². The Kier molecular flexibility index (Phi) is 2.94. The molecule has 2 aromatic heterocycles. The Labute approximate surface area is 114 Å². The molecule has 0 aliphatic carbocycles. The lowest BCUT2D eigenvalue weighted by Crippen LogP contribution is -2.10. The van der Waals surface area contributed by atoms with Crippen molar-refractivity contribution in [1.29, 1.82) is 0 Å². The van der Waals surface area contributed by atoms with Crippen LogP contribution in [0.3, 0.4) is 0 Å². The van der Waals surface area contributed by atoms with Gasteiger partial charge in [0.25, 0.3) is 5.56 Å². The number of benzene rings is 1. The monoisotopic (exact) mass is 271 g/mol. The highest BCUT2D eigenvalue weighted by atomic mass is 16.5. The number of aromatic nitrogens is 5. The number of aryl methyl sites for hydroxylation is 1. The van der Waals surface area contributed by atoms with Gasteiger partial charge in [0, 0.05) is 0 Å². The summed E-state index contributed by atoms with van der Waals surface area (Å²) in [5.74, 6) is 1.10. The summed E-state index contributed by atoms with van der Waals surface area (Å²) < 4.78 is 5.60. The van der Waals surface area contributed by atoms with Gasteiger partial charge in [-0.2, -0.15) is 5.21 Å². The van der Waals surface area contributed by atoms with Crippen molar-refractivity contribution in [3.05, 3.63) is 34.1 Å². The van der Waals surface area contributed by atoms with E-state index in [1.165, 1.54) is 0 Å². The van der Waals surface area contributed by atoms with Crippen molar-refractivity contribution in [2.75, 3.05) is 6.61 Å². The van der Waals surface area contributed by atoms with Crippen LogP contribution in [0.25, 0.3) is 22.6 Å². The third kappa shape index (κ3) is 2.03. The second-order valence-electron chi connectivity index (χ2n) is 4.34. The van der Waals surface area contributed by atoms with Gasteiger partial charge in [-0.1, -0.05) is 6.07 Å². The molecule has 2 N–H and O–H groups in total. The normalized spacial score (nSPS) is 10.9. The highest BCUT2D eigenvalue weighted by molar-refractivity contribution is 5.73. The van der Waals surface area contributed by atoms with Crippen LogP contribution in [0.1, 0.15) is 12.5 Å². The summed E-state index contributed by atoms with van der Waals surface area (Å²) in [6.45, 7) is 4.42. The van der Waals surface area contributed by atoms with Crippen molar-refractivity contribution >= 4 is 11.2 Å². The summed E-state index contributed by atoms with van der Waals surface area (Å²) in [6, 6.07) is 5.71. The Bertz CT molecular complexity index is 821.